The predicted octanol–water partition coefficient (Wildman–Crippen LogP) is 3.46. The second-order valence-corrected chi connectivity index (χ2v) is 4.14. The summed E-state index contributed by atoms with van der Waals surface area (Å²) in [5.74, 6) is 0.783. The monoisotopic (exact) mass is 263 g/mol. The lowest BCUT2D eigenvalue weighted by Gasteiger charge is -2.08. The van der Waals surface area contributed by atoms with E-state index in [9.17, 15) is 4.79 Å². The van der Waals surface area contributed by atoms with Crippen molar-refractivity contribution in [2.75, 3.05) is 0 Å². The van der Waals surface area contributed by atoms with Crippen molar-refractivity contribution in [2.24, 2.45) is 0 Å². The molecule has 0 N–H and O–H groups in total. The second kappa shape index (κ2) is 4.90. The van der Waals surface area contributed by atoms with Crippen LogP contribution in [0.4, 0.5) is 0 Å². The van der Waals surface area contributed by atoms with Crippen LogP contribution in [0.3, 0.4) is 0 Å². The lowest BCUT2D eigenvalue weighted by Crippen LogP contribution is -1.99. The summed E-state index contributed by atoms with van der Waals surface area (Å²) in [5.41, 5.74) is 0.363. The van der Waals surface area contributed by atoms with Crippen LogP contribution >= 0.6 is 0 Å². The first-order valence-electron chi connectivity index (χ1n) is 5.98. The zero-order valence-electron chi connectivity index (χ0n) is 10.4. The fraction of sp³-hybridized carbons (Fsp3) is 0. The van der Waals surface area contributed by atoms with E-state index in [2.05, 4.69) is 6.07 Å². The third-order valence-corrected chi connectivity index (χ3v) is 2.84. The van der Waals surface area contributed by atoms with Gasteiger partial charge in [-0.05, 0) is 24.3 Å². The van der Waals surface area contributed by atoms with Gasteiger partial charge in [-0.1, -0.05) is 24.3 Å². The van der Waals surface area contributed by atoms with Crippen molar-refractivity contribution < 1.29 is 9.15 Å². The zero-order valence-corrected chi connectivity index (χ0v) is 10.4. The zero-order chi connectivity index (χ0) is 13.9. The number of para-hydroxylation sites is 2. The summed E-state index contributed by atoms with van der Waals surface area (Å²) in [5, 5.41) is 9.73. The summed E-state index contributed by atoms with van der Waals surface area (Å²) >= 11 is 0. The van der Waals surface area contributed by atoms with E-state index in [-0.39, 0.29) is 0 Å². The van der Waals surface area contributed by atoms with Crippen LogP contribution in [0.25, 0.3) is 11.0 Å². The van der Waals surface area contributed by atoms with Crippen LogP contribution in [0.1, 0.15) is 5.56 Å². The van der Waals surface area contributed by atoms with Crippen molar-refractivity contribution in [2.45, 2.75) is 0 Å². The van der Waals surface area contributed by atoms with E-state index in [1.165, 1.54) is 6.07 Å². The molecule has 0 bridgehead atoms. The van der Waals surface area contributed by atoms with Crippen LogP contribution < -0.4 is 10.4 Å². The maximum absolute atomic E-state index is 11.5. The van der Waals surface area contributed by atoms with Crippen LogP contribution in [0.15, 0.2) is 63.8 Å². The molecule has 4 heteroatoms. The van der Waals surface area contributed by atoms with Crippen LogP contribution in [-0.4, -0.2) is 0 Å². The average molecular weight is 263 g/mol. The number of benzene rings is 2. The van der Waals surface area contributed by atoms with Crippen molar-refractivity contribution in [3.63, 3.8) is 0 Å². The number of rotatable bonds is 2. The molecule has 0 fully saturated rings. The molecule has 2 aromatic carbocycles. The molecule has 3 rings (SSSR count). The Hall–Kier alpha value is -3.06. The summed E-state index contributed by atoms with van der Waals surface area (Å²) in [6.45, 7) is 0. The number of ether oxygens (including phenoxy) is 1. The highest BCUT2D eigenvalue weighted by molar-refractivity contribution is 5.83. The summed E-state index contributed by atoms with van der Waals surface area (Å²) in [4.78, 5) is 11.5. The Morgan fingerprint density at radius 1 is 1.00 bits per heavy atom. The minimum Gasteiger partial charge on any atom is -0.455 e. The number of nitriles is 1. The maximum Gasteiger partial charge on any atom is 0.339 e. The van der Waals surface area contributed by atoms with Crippen molar-refractivity contribution in [1.29, 1.82) is 5.26 Å². The summed E-state index contributed by atoms with van der Waals surface area (Å²) < 4.78 is 10.8. The molecule has 0 atom stereocenters. The maximum atomic E-state index is 11.5. The Bertz CT molecular complexity index is 875. The molecule has 4 nitrogen and oxygen atoms in total. The van der Waals surface area contributed by atoms with E-state index in [0.717, 1.165) is 0 Å². The van der Waals surface area contributed by atoms with E-state index in [1.807, 2.05) is 6.07 Å². The van der Waals surface area contributed by atoms with Gasteiger partial charge in [-0.15, -0.1) is 0 Å². The van der Waals surface area contributed by atoms with Crippen molar-refractivity contribution >= 4 is 11.0 Å². The molecule has 0 radical (unpaired) electrons. The van der Waals surface area contributed by atoms with Crippen LogP contribution in [0.5, 0.6) is 11.5 Å². The highest BCUT2D eigenvalue weighted by atomic mass is 16.5. The summed E-state index contributed by atoms with van der Waals surface area (Å²) in [6, 6.07) is 17.3. The molecule has 0 aliphatic rings. The highest BCUT2D eigenvalue weighted by Crippen LogP contribution is 2.29. The Morgan fingerprint density at radius 3 is 2.60 bits per heavy atom. The molecule has 3 aromatic rings. The first kappa shape index (κ1) is 12.0. The lowest BCUT2D eigenvalue weighted by molar-refractivity contribution is 0.473. The largest absolute Gasteiger partial charge is 0.455 e. The van der Waals surface area contributed by atoms with E-state index >= 15 is 0 Å². The molecular weight excluding hydrogens is 254 g/mol. The molecule has 0 saturated carbocycles. The third-order valence-electron chi connectivity index (χ3n) is 2.84. The van der Waals surface area contributed by atoms with Gasteiger partial charge in [0.1, 0.15) is 23.2 Å². The van der Waals surface area contributed by atoms with Gasteiger partial charge in [0.05, 0.1) is 17.0 Å². The number of hydrogen-bond acceptors (Lipinski definition) is 4. The summed E-state index contributed by atoms with van der Waals surface area (Å²) in [6.07, 6.45) is 0. The third kappa shape index (κ3) is 2.13. The van der Waals surface area contributed by atoms with E-state index in [4.69, 9.17) is 14.4 Å². The molecule has 1 heterocycles. The highest BCUT2D eigenvalue weighted by Gasteiger charge is 2.09. The normalized spacial score (nSPS) is 10.2. The minimum atomic E-state index is -0.492. The topological polar surface area (TPSA) is 63.2 Å². The Labute approximate surface area is 114 Å². The van der Waals surface area contributed by atoms with Gasteiger partial charge < -0.3 is 9.15 Å². The van der Waals surface area contributed by atoms with Gasteiger partial charge in [0.2, 0.25) is 0 Å². The molecule has 0 unspecified atom stereocenters. The SMILES string of the molecule is N#Cc1ccccc1Oc1cc(=O)oc2ccccc12. The Morgan fingerprint density at radius 2 is 1.75 bits per heavy atom. The average Bonchev–Trinajstić information content (AvgIpc) is 2.47. The molecule has 1 aromatic heterocycles. The summed E-state index contributed by atoms with van der Waals surface area (Å²) in [7, 11) is 0. The van der Waals surface area contributed by atoms with Crippen molar-refractivity contribution in [3.05, 3.63) is 70.6 Å². The smallest absolute Gasteiger partial charge is 0.339 e. The fourth-order valence-electron chi connectivity index (χ4n) is 1.93. The molecule has 0 saturated heterocycles. The van der Waals surface area contributed by atoms with Crippen LogP contribution in [0.2, 0.25) is 0 Å². The van der Waals surface area contributed by atoms with Gasteiger partial charge in [-0.2, -0.15) is 5.26 Å². The van der Waals surface area contributed by atoms with Gasteiger partial charge >= 0.3 is 5.63 Å². The predicted molar refractivity (Wildman–Crippen MR) is 73.7 cm³/mol. The van der Waals surface area contributed by atoms with Crippen LogP contribution in [-0.2, 0) is 0 Å². The first-order chi connectivity index (χ1) is 9.78. The molecule has 0 amide bonds. The second-order valence-electron chi connectivity index (χ2n) is 4.14. The Balaban J connectivity index is 2.16. The molecular formula is C16H9NO3. The van der Waals surface area contributed by atoms with Gasteiger partial charge in [0.25, 0.3) is 0 Å². The van der Waals surface area contributed by atoms with Gasteiger partial charge in [0.15, 0.2) is 0 Å². The standard InChI is InChI=1S/C16H9NO3/c17-10-11-5-1-3-7-13(11)19-15-9-16(18)20-14-8-4-2-6-12(14)15/h1-9H. The molecule has 0 spiro atoms. The first-order valence-corrected chi connectivity index (χ1v) is 5.98. The van der Waals surface area contributed by atoms with Crippen molar-refractivity contribution in [3.8, 4) is 17.6 Å². The van der Waals surface area contributed by atoms with Crippen LogP contribution in [0, 0.1) is 11.3 Å². The molecule has 0 aliphatic heterocycles. The van der Waals surface area contributed by atoms with Gasteiger partial charge in [0, 0.05) is 0 Å². The number of nitrogens with zero attached hydrogens (tertiary/aromatic N) is 1. The lowest BCUT2D eigenvalue weighted by atomic mass is 10.2. The quantitative estimate of drug-likeness (QED) is 0.664. The van der Waals surface area contributed by atoms with E-state index in [1.54, 1.807) is 42.5 Å². The van der Waals surface area contributed by atoms with Gasteiger partial charge in [-0.25, -0.2) is 4.79 Å². The fourth-order valence-corrected chi connectivity index (χ4v) is 1.93. The number of hydrogen-bond donors (Lipinski definition) is 0. The molecule has 96 valence electrons. The van der Waals surface area contributed by atoms with E-state index < -0.39 is 5.63 Å². The molecule has 20 heavy (non-hydrogen) atoms. The molecule has 0 aliphatic carbocycles. The minimum absolute atomic E-state index is 0.375. The van der Waals surface area contributed by atoms with Gasteiger partial charge in [-0.3, -0.25) is 0 Å². The van der Waals surface area contributed by atoms with E-state index in [0.29, 0.717) is 28.0 Å². The van der Waals surface area contributed by atoms with Crippen molar-refractivity contribution in [1.82, 2.24) is 0 Å². The number of fused-ring (bicyclic) bond motifs is 1. The Kier molecular flexibility index (Phi) is 2.94.